The van der Waals surface area contributed by atoms with Gasteiger partial charge in [-0.25, -0.2) is 15.0 Å². The summed E-state index contributed by atoms with van der Waals surface area (Å²) in [5, 5.41) is 12.4. The summed E-state index contributed by atoms with van der Waals surface area (Å²) < 4.78 is 0. The molecule has 0 atom stereocenters. The predicted molar refractivity (Wildman–Crippen MR) is 121 cm³/mol. The Morgan fingerprint density at radius 1 is 1.03 bits per heavy atom. The summed E-state index contributed by atoms with van der Waals surface area (Å²) in [6.45, 7) is 0. The van der Waals surface area contributed by atoms with E-state index >= 15 is 0 Å². The van der Waals surface area contributed by atoms with Crippen molar-refractivity contribution in [3.63, 3.8) is 0 Å². The fourth-order valence-electron chi connectivity index (χ4n) is 3.35. The van der Waals surface area contributed by atoms with Gasteiger partial charge in [-0.1, -0.05) is 0 Å². The first-order valence-electron chi connectivity index (χ1n) is 10.0. The van der Waals surface area contributed by atoms with Crippen molar-refractivity contribution in [3.05, 3.63) is 84.6 Å². The number of nitriles is 1. The zero-order valence-corrected chi connectivity index (χ0v) is 16.7. The zero-order valence-electron chi connectivity index (χ0n) is 16.7. The summed E-state index contributed by atoms with van der Waals surface area (Å²) >= 11 is 0. The number of hydrogen-bond donors (Lipinski definition) is 1. The number of nitrogens with zero attached hydrogens (tertiary/aromatic N) is 6. The summed E-state index contributed by atoms with van der Waals surface area (Å²) in [5.41, 5.74) is 3.60. The minimum Gasteiger partial charge on any atom is -0.325 e. The van der Waals surface area contributed by atoms with Crippen molar-refractivity contribution in [2.45, 2.75) is 18.8 Å². The first-order valence-corrected chi connectivity index (χ1v) is 10.0. The lowest BCUT2D eigenvalue weighted by molar-refractivity contribution is 1.11. The largest absolute Gasteiger partial charge is 0.325 e. The third-order valence-electron chi connectivity index (χ3n) is 5.08. The van der Waals surface area contributed by atoms with Gasteiger partial charge in [0, 0.05) is 42.8 Å². The molecule has 0 aromatic carbocycles. The van der Waals surface area contributed by atoms with Crippen molar-refractivity contribution in [1.29, 1.82) is 5.26 Å². The maximum atomic E-state index is 9.13. The smallest absolute Gasteiger partial charge is 0.136 e. The third-order valence-corrected chi connectivity index (χ3v) is 5.08. The molecule has 0 radical (unpaired) electrons. The van der Waals surface area contributed by atoms with E-state index < -0.39 is 0 Å². The molecule has 5 rings (SSSR count). The highest BCUT2D eigenvalue weighted by Gasteiger charge is 2.25. The Morgan fingerprint density at radius 2 is 1.97 bits per heavy atom. The van der Waals surface area contributed by atoms with Crippen LogP contribution in [0, 0.1) is 11.3 Å². The van der Waals surface area contributed by atoms with Crippen LogP contribution in [0.2, 0.25) is 0 Å². The Kier molecular flexibility index (Phi) is 4.95. The molecule has 7 heteroatoms. The van der Waals surface area contributed by atoms with Gasteiger partial charge >= 0.3 is 0 Å². The summed E-state index contributed by atoms with van der Waals surface area (Å²) in [5.74, 6) is 2.68. The molecule has 7 nitrogen and oxygen atoms in total. The zero-order chi connectivity index (χ0) is 21.0. The summed E-state index contributed by atoms with van der Waals surface area (Å²) in [6, 6.07) is 13.7. The Balaban J connectivity index is 1.45. The Morgan fingerprint density at radius 3 is 2.77 bits per heavy atom. The molecule has 150 valence electrons. The molecular formula is C24H19N7. The van der Waals surface area contributed by atoms with Crippen LogP contribution in [0.3, 0.4) is 0 Å². The Bertz CT molecular complexity index is 1220. The van der Waals surface area contributed by atoms with Gasteiger partial charge in [-0.05, 0) is 66.8 Å². The van der Waals surface area contributed by atoms with Crippen LogP contribution >= 0.6 is 0 Å². The van der Waals surface area contributed by atoms with Gasteiger partial charge in [0.2, 0.25) is 0 Å². The van der Waals surface area contributed by atoms with Gasteiger partial charge in [0.1, 0.15) is 17.5 Å². The molecule has 2 aliphatic rings. The molecule has 0 unspecified atom stereocenters. The average molecular weight is 405 g/mol. The van der Waals surface area contributed by atoms with E-state index in [9.17, 15) is 0 Å². The van der Waals surface area contributed by atoms with Crippen molar-refractivity contribution in [2.75, 3.05) is 10.2 Å². The van der Waals surface area contributed by atoms with Crippen molar-refractivity contribution >= 4 is 23.7 Å². The maximum absolute atomic E-state index is 9.13. The first-order chi connectivity index (χ1) is 15.3. The minimum atomic E-state index is 0.554. The Hall–Kier alpha value is -4.31. The lowest BCUT2D eigenvalue weighted by Crippen LogP contribution is -2.08. The molecule has 0 amide bonds. The van der Waals surface area contributed by atoms with Gasteiger partial charge in [0.25, 0.3) is 0 Å². The molecular weight excluding hydrogens is 386 g/mol. The molecule has 31 heavy (non-hydrogen) atoms. The first kappa shape index (κ1) is 18.7. The highest BCUT2D eigenvalue weighted by Crippen LogP contribution is 2.42. The lowest BCUT2D eigenvalue weighted by Gasteiger charge is -2.14. The van der Waals surface area contributed by atoms with E-state index in [1.807, 2.05) is 41.7 Å². The van der Waals surface area contributed by atoms with E-state index in [4.69, 9.17) is 10.2 Å². The topological polar surface area (TPSA) is 90.1 Å². The molecule has 1 aliphatic heterocycles. The van der Waals surface area contributed by atoms with Gasteiger partial charge < -0.3 is 10.2 Å². The van der Waals surface area contributed by atoms with Gasteiger partial charge in [0.05, 0.1) is 17.3 Å². The standard InChI is InChI=1S/C24H19N7/c25-15-17-6-8-27-22(12-17)30-23-14-20(18-2-3-18)13-21(29-23)19-4-5-24(28-16-19)31-10-1-7-26-9-11-31/h1,4-14,16,18H,2-3H2,(H,27,29,30). The van der Waals surface area contributed by atoms with Gasteiger partial charge in [0.15, 0.2) is 0 Å². The Labute approximate surface area is 180 Å². The van der Waals surface area contributed by atoms with E-state index in [-0.39, 0.29) is 0 Å². The number of hydrogen-bond acceptors (Lipinski definition) is 7. The maximum Gasteiger partial charge on any atom is 0.136 e. The normalized spacial score (nSPS) is 14.9. The monoisotopic (exact) mass is 405 g/mol. The third kappa shape index (κ3) is 4.33. The van der Waals surface area contributed by atoms with Gasteiger partial charge in [-0.2, -0.15) is 5.26 Å². The fourth-order valence-corrected chi connectivity index (χ4v) is 3.35. The second kappa shape index (κ2) is 8.20. The number of rotatable bonds is 5. The van der Waals surface area contributed by atoms with Gasteiger partial charge in [-0.3, -0.25) is 4.99 Å². The molecule has 1 N–H and O–H groups in total. The summed E-state index contributed by atoms with van der Waals surface area (Å²) in [4.78, 5) is 19.7. The fraction of sp³-hybridized carbons (Fsp3) is 0.125. The van der Waals surface area contributed by atoms with Crippen LogP contribution in [0.4, 0.5) is 17.5 Å². The summed E-state index contributed by atoms with van der Waals surface area (Å²) in [6.07, 6.45) is 14.9. The molecule has 3 aromatic rings. The van der Waals surface area contributed by atoms with Crippen molar-refractivity contribution in [1.82, 2.24) is 15.0 Å². The average Bonchev–Trinajstić information content (AvgIpc) is 3.67. The molecule has 0 saturated heterocycles. The van der Waals surface area contributed by atoms with Crippen LogP contribution in [-0.4, -0.2) is 21.2 Å². The molecule has 0 bridgehead atoms. The predicted octanol–water partition coefficient (Wildman–Crippen LogP) is 4.91. The van der Waals surface area contributed by atoms with Crippen molar-refractivity contribution in [2.24, 2.45) is 4.99 Å². The van der Waals surface area contributed by atoms with E-state index in [1.54, 1.807) is 30.7 Å². The quantitative estimate of drug-likeness (QED) is 0.649. The molecule has 1 aliphatic carbocycles. The number of aromatic nitrogens is 3. The second-order valence-corrected chi connectivity index (χ2v) is 7.36. The van der Waals surface area contributed by atoms with E-state index in [0.717, 1.165) is 17.1 Å². The number of nitrogens with one attached hydrogen (secondary N) is 1. The highest BCUT2D eigenvalue weighted by atomic mass is 15.2. The van der Waals surface area contributed by atoms with Gasteiger partial charge in [-0.15, -0.1) is 0 Å². The SMILES string of the molecule is N#Cc1ccnc(Nc2cc(C3CC3)cc(-c3ccc(N4C=CC=NC=C4)nc3)n2)c1. The molecule has 3 aromatic heterocycles. The molecule has 4 heterocycles. The van der Waals surface area contributed by atoms with Crippen LogP contribution in [0.5, 0.6) is 0 Å². The number of anilines is 3. The highest BCUT2D eigenvalue weighted by molar-refractivity contribution is 5.74. The molecule has 0 spiro atoms. The minimum absolute atomic E-state index is 0.554. The van der Waals surface area contributed by atoms with Crippen LogP contribution in [0.25, 0.3) is 11.3 Å². The van der Waals surface area contributed by atoms with Crippen LogP contribution in [0.15, 0.2) is 78.5 Å². The van der Waals surface area contributed by atoms with Crippen LogP contribution < -0.4 is 10.2 Å². The molecule has 1 fully saturated rings. The van der Waals surface area contributed by atoms with Crippen molar-refractivity contribution in [3.8, 4) is 17.3 Å². The van der Waals surface area contributed by atoms with E-state index in [0.29, 0.717) is 23.1 Å². The van der Waals surface area contributed by atoms with Crippen LogP contribution in [0.1, 0.15) is 29.9 Å². The second-order valence-electron chi connectivity index (χ2n) is 7.36. The van der Waals surface area contributed by atoms with Crippen molar-refractivity contribution < 1.29 is 0 Å². The molecule has 1 saturated carbocycles. The van der Waals surface area contributed by atoms with Crippen LogP contribution in [-0.2, 0) is 0 Å². The number of aliphatic imine (C=N–C) groups is 1. The number of pyridine rings is 3. The summed E-state index contributed by atoms with van der Waals surface area (Å²) in [7, 11) is 0. The van der Waals surface area contributed by atoms with E-state index in [1.165, 1.54) is 18.4 Å². The number of allylic oxidation sites excluding steroid dienone is 1. The lowest BCUT2D eigenvalue weighted by atomic mass is 10.1. The van der Waals surface area contributed by atoms with E-state index in [2.05, 4.69) is 38.5 Å².